The summed E-state index contributed by atoms with van der Waals surface area (Å²) in [6, 6.07) is 8.13. The maximum absolute atomic E-state index is 12.4. The third-order valence-electron chi connectivity index (χ3n) is 8.45. The second-order valence-electron chi connectivity index (χ2n) is 16.8. The molecule has 0 amide bonds. The van der Waals surface area contributed by atoms with Gasteiger partial charge in [-0.1, -0.05) is 107 Å². The van der Waals surface area contributed by atoms with Gasteiger partial charge in [0.1, 0.15) is 24.2 Å². The molecule has 0 saturated heterocycles. The molecule has 0 fully saturated rings. The van der Waals surface area contributed by atoms with Gasteiger partial charge in [-0.3, -0.25) is 9.59 Å². The van der Waals surface area contributed by atoms with E-state index in [-0.39, 0.29) is 39.8 Å². The van der Waals surface area contributed by atoms with Crippen molar-refractivity contribution in [2.45, 2.75) is 144 Å². The van der Waals surface area contributed by atoms with Gasteiger partial charge in [-0.05, 0) is 74.8 Å². The Morgan fingerprint density at radius 2 is 0.909 bits per heavy atom. The molecule has 6 nitrogen and oxygen atoms in total. The first kappa shape index (κ1) is 37.2. The Kier molecular flexibility index (Phi) is 10.8. The average Bonchev–Trinajstić information content (AvgIpc) is 2.81. The second-order valence-corrected chi connectivity index (χ2v) is 16.8. The summed E-state index contributed by atoms with van der Waals surface area (Å²) in [4.78, 5) is 24.7. The molecule has 0 aromatic heterocycles. The van der Waals surface area contributed by atoms with E-state index in [0.29, 0.717) is 12.8 Å². The van der Waals surface area contributed by atoms with Crippen molar-refractivity contribution in [3.8, 4) is 11.5 Å². The van der Waals surface area contributed by atoms with Crippen LogP contribution in [0.5, 0.6) is 11.5 Å². The van der Waals surface area contributed by atoms with E-state index in [2.05, 4.69) is 83.1 Å². The number of phenolic OH excluding ortho intramolecular Hbond substituents is 2. The molecule has 0 aliphatic rings. The zero-order chi connectivity index (χ0) is 34.2. The number of esters is 2. The van der Waals surface area contributed by atoms with Gasteiger partial charge in [0, 0.05) is 19.3 Å². The van der Waals surface area contributed by atoms with Crippen molar-refractivity contribution in [2.75, 3.05) is 6.61 Å². The largest absolute Gasteiger partial charge is 0.507 e. The molecule has 0 bridgehead atoms. The number of carbonyl (C=O) groups excluding carboxylic acids is 2. The molecule has 44 heavy (non-hydrogen) atoms. The van der Waals surface area contributed by atoms with Crippen LogP contribution in [-0.4, -0.2) is 34.9 Å². The van der Waals surface area contributed by atoms with Crippen molar-refractivity contribution >= 4 is 11.9 Å². The van der Waals surface area contributed by atoms with Crippen LogP contribution in [0.4, 0.5) is 0 Å². The molecular weight excluding hydrogens is 552 g/mol. The molecule has 0 radical (unpaired) electrons. The van der Waals surface area contributed by atoms with E-state index in [1.165, 1.54) is 13.8 Å². The van der Waals surface area contributed by atoms with Gasteiger partial charge in [0.05, 0.1) is 0 Å². The fourth-order valence-electron chi connectivity index (χ4n) is 5.88. The minimum absolute atomic E-state index is 0.0178. The Morgan fingerprint density at radius 3 is 1.14 bits per heavy atom. The summed E-state index contributed by atoms with van der Waals surface area (Å²) in [5.74, 6) is -0.263. The van der Waals surface area contributed by atoms with E-state index < -0.39 is 23.5 Å². The Balaban J connectivity index is 2.97. The maximum Gasteiger partial charge on any atom is 0.302 e. The number of carbonyl (C=O) groups is 2. The smallest absolute Gasteiger partial charge is 0.302 e. The number of ether oxygens (including phenoxy) is 2. The third-order valence-corrected chi connectivity index (χ3v) is 8.45. The number of rotatable bonds is 8. The first-order valence-corrected chi connectivity index (χ1v) is 15.7. The van der Waals surface area contributed by atoms with Crippen LogP contribution in [0.1, 0.15) is 137 Å². The highest BCUT2D eigenvalue weighted by atomic mass is 16.6. The van der Waals surface area contributed by atoms with Gasteiger partial charge in [0.15, 0.2) is 0 Å². The summed E-state index contributed by atoms with van der Waals surface area (Å²) in [6.07, 6.45) is 0.199. The third kappa shape index (κ3) is 9.01. The van der Waals surface area contributed by atoms with Crippen molar-refractivity contribution in [3.05, 3.63) is 57.6 Å². The van der Waals surface area contributed by atoms with Gasteiger partial charge < -0.3 is 19.7 Å². The van der Waals surface area contributed by atoms with Crippen LogP contribution in [-0.2, 0) is 53.6 Å². The lowest BCUT2D eigenvalue weighted by molar-refractivity contribution is -0.159. The minimum Gasteiger partial charge on any atom is -0.507 e. The quantitative estimate of drug-likeness (QED) is 0.291. The molecule has 2 N–H and O–H groups in total. The molecule has 1 unspecified atom stereocenters. The summed E-state index contributed by atoms with van der Waals surface area (Å²) >= 11 is 0. The van der Waals surface area contributed by atoms with Gasteiger partial charge in [0.2, 0.25) is 0 Å². The molecule has 2 aromatic carbocycles. The molecule has 0 aliphatic heterocycles. The van der Waals surface area contributed by atoms with Crippen LogP contribution in [0.15, 0.2) is 24.3 Å². The first-order chi connectivity index (χ1) is 19.7. The fraction of sp³-hybridized carbons (Fsp3) is 0.632. The first-order valence-electron chi connectivity index (χ1n) is 15.7. The summed E-state index contributed by atoms with van der Waals surface area (Å²) < 4.78 is 11.7. The van der Waals surface area contributed by atoms with Gasteiger partial charge in [-0.15, -0.1) is 0 Å². The van der Waals surface area contributed by atoms with Crippen LogP contribution in [0.3, 0.4) is 0 Å². The SMILES string of the molecule is CC(=O)OCC(Cc1cc(C(C)(C)C)c(O)c(C(C)(C)C)c1)(Cc1cc(C(C)(C)C)c(O)c(C(C)(C)C)c1)C(C)OC(C)=O. The van der Waals surface area contributed by atoms with Crippen molar-refractivity contribution in [1.82, 2.24) is 0 Å². The summed E-state index contributed by atoms with van der Waals surface area (Å²) in [5.41, 5.74) is 3.03. The van der Waals surface area contributed by atoms with E-state index in [9.17, 15) is 19.8 Å². The Morgan fingerprint density at radius 1 is 0.614 bits per heavy atom. The van der Waals surface area contributed by atoms with E-state index in [1.54, 1.807) is 0 Å². The van der Waals surface area contributed by atoms with Crippen molar-refractivity contribution in [2.24, 2.45) is 5.41 Å². The summed E-state index contributed by atoms with van der Waals surface area (Å²) in [5, 5.41) is 22.8. The van der Waals surface area contributed by atoms with Crippen molar-refractivity contribution in [1.29, 1.82) is 0 Å². The van der Waals surface area contributed by atoms with Gasteiger partial charge in [0.25, 0.3) is 0 Å². The molecule has 0 aliphatic carbocycles. The molecule has 0 spiro atoms. The highest BCUT2D eigenvalue weighted by Gasteiger charge is 2.42. The lowest BCUT2D eigenvalue weighted by Crippen LogP contribution is -2.44. The number of hydrogen-bond donors (Lipinski definition) is 2. The zero-order valence-electron chi connectivity index (χ0n) is 30.0. The van der Waals surface area contributed by atoms with E-state index in [0.717, 1.165) is 33.4 Å². The van der Waals surface area contributed by atoms with E-state index in [4.69, 9.17) is 9.47 Å². The van der Waals surface area contributed by atoms with Crippen LogP contribution in [0.2, 0.25) is 0 Å². The standard InChI is InChI=1S/C38H58O6/c1-23(44-25(3)40)38(22-43-24(2)39,20-26-16-28(34(4,5)6)32(41)29(17-26)35(7,8)9)21-27-18-30(36(10,11)12)33(42)31(19-27)37(13,14)15/h16-19,23,41-42H,20-22H2,1-15H3. The van der Waals surface area contributed by atoms with Gasteiger partial charge in [-0.25, -0.2) is 0 Å². The zero-order valence-corrected chi connectivity index (χ0v) is 30.0. The summed E-state index contributed by atoms with van der Waals surface area (Å²) in [7, 11) is 0. The Hall–Kier alpha value is -3.02. The number of aromatic hydroxyl groups is 2. The molecule has 0 saturated carbocycles. The van der Waals surface area contributed by atoms with Crippen LogP contribution in [0.25, 0.3) is 0 Å². The van der Waals surface area contributed by atoms with Gasteiger partial charge in [-0.2, -0.15) is 0 Å². The Labute approximate surface area is 266 Å². The van der Waals surface area contributed by atoms with Crippen molar-refractivity contribution < 1.29 is 29.3 Å². The lowest BCUT2D eigenvalue weighted by Gasteiger charge is -2.39. The highest BCUT2D eigenvalue weighted by molar-refractivity contribution is 5.67. The summed E-state index contributed by atoms with van der Waals surface area (Å²) in [6.45, 7) is 29.5. The van der Waals surface area contributed by atoms with Crippen LogP contribution in [0, 0.1) is 5.41 Å². The maximum atomic E-state index is 12.4. The molecular formula is C38H58O6. The monoisotopic (exact) mass is 610 g/mol. The molecule has 0 heterocycles. The number of hydrogen-bond acceptors (Lipinski definition) is 6. The molecule has 6 heteroatoms. The highest BCUT2D eigenvalue weighted by Crippen LogP contribution is 2.45. The topological polar surface area (TPSA) is 93.1 Å². The van der Waals surface area contributed by atoms with E-state index >= 15 is 0 Å². The average molecular weight is 611 g/mol. The fourth-order valence-corrected chi connectivity index (χ4v) is 5.88. The van der Waals surface area contributed by atoms with E-state index in [1.807, 2.05) is 31.2 Å². The molecule has 1 atom stereocenters. The normalized spacial score (nSPS) is 13.9. The number of phenols is 2. The van der Waals surface area contributed by atoms with Crippen LogP contribution < -0.4 is 0 Å². The van der Waals surface area contributed by atoms with Gasteiger partial charge >= 0.3 is 11.9 Å². The molecule has 2 rings (SSSR count). The van der Waals surface area contributed by atoms with Crippen LogP contribution >= 0.6 is 0 Å². The molecule has 246 valence electrons. The predicted molar refractivity (Wildman–Crippen MR) is 179 cm³/mol. The molecule has 2 aromatic rings. The predicted octanol–water partition coefficient (Wildman–Crippen LogP) is 8.57. The van der Waals surface area contributed by atoms with Crippen molar-refractivity contribution in [3.63, 3.8) is 0 Å². The number of benzene rings is 2. The lowest BCUT2D eigenvalue weighted by atomic mass is 9.70. The minimum atomic E-state index is -0.861. The second kappa shape index (κ2) is 12.8. The Bertz CT molecular complexity index is 1200.